The van der Waals surface area contributed by atoms with Gasteiger partial charge < -0.3 is 15.7 Å². The highest BCUT2D eigenvalue weighted by Crippen LogP contribution is 2.27. The molecule has 0 saturated heterocycles. The Labute approximate surface area is 125 Å². The molecule has 1 aliphatic carbocycles. The van der Waals surface area contributed by atoms with E-state index in [1.807, 2.05) is 18.2 Å². The Balaban J connectivity index is 1.53. The van der Waals surface area contributed by atoms with Crippen LogP contribution in [0.5, 0.6) is 0 Å². The third-order valence-corrected chi connectivity index (χ3v) is 4.71. The molecule has 3 rings (SSSR count). The normalized spacial score (nSPS) is 23.8. The lowest BCUT2D eigenvalue weighted by Gasteiger charge is -2.27. The summed E-state index contributed by atoms with van der Waals surface area (Å²) in [5.41, 5.74) is 1.52. The van der Waals surface area contributed by atoms with Crippen LogP contribution in [0.25, 0.3) is 0 Å². The fourth-order valence-electron chi connectivity index (χ4n) is 3.39. The number of para-hydroxylation sites is 1. The van der Waals surface area contributed by atoms with Gasteiger partial charge in [-0.15, -0.1) is 0 Å². The molecule has 0 bridgehead atoms. The van der Waals surface area contributed by atoms with Crippen molar-refractivity contribution in [2.24, 2.45) is 0 Å². The Kier molecular flexibility index (Phi) is 4.15. The summed E-state index contributed by atoms with van der Waals surface area (Å²) >= 11 is 0. The molecule has 4 heteroatoms. The van der Waals surface area contributed by atoms with Crippen molar-refractivity contribution in [1.82, 2.24) is 5.32 Å². The van der Waals surface area contributed by atoms with Gasteiger partial charge in [-0.05, 0) is 24.5 Å². The van der Waals surface area contributed by atoms with Gasteiger partial charge in [0.2, 0.25) is 5.91 Å². The second-order valence-electron chi connectivity index (χ2n) is 6.41. The van der Waals surface area contributed by atoms with Gasteiger partial charge in [0, 0.05) is 18.7 Å². The van der Waals surface area contributed by atoms with Crippen LogP contribution in [0.3, 0.4) is 0 Å². The van der Waals surface area contributed by atoms with Crippen LogP contribution in [0.15, 0.2) is 24.3 Å². The molecule has 0 aromatic heterocycles. The van der Waals surface area contributed by atoms with Crippen LogP contribution in [0.4, 0.5) is 5.69 Å². The minimum atomic E-state index is -0.711. The van der Waals surface area contributed by atoms with E-state index in [1.165, 1.54) is 18.4 Å². The van der Waals surface area contributed by atoms with Crippen molar-refractivity contribution in [3.63, 3.8) is 0 Å². The van der Waals surface area contributed by atoms with Crippen molar-refractivity contribution in [3.8, 4) is 0 Å². The first-order valence-electron chi connectivity index (χ1n) is 8.01. The van der Waals surface area contributed by atoms with Gasteiger partial charge in [0.05, 0.1) is 5.60 Å². The molecule has 1 amide bonds. The Morgan fingerprint density at radius 3 is 2.67 bits per heavy atom. The van der Waals surface area contributed by atoms with Gasteiger partial charge in [-0.1, -0.05) is 43.9 Å². The average molecular weight is 288 g/mol. The van der Waals surface area contributed by atoms with Crippen molar-refractivity contribution >= 4 is 11.6 Å². The third kappa shape index (κ3) is 3.38. The molecule has 21 heavy (non-hydrogen) atoms. The highest BCUT2D eigenvalue weighted by molar-refractivity contribution is 5.87. The van der Waals surface area contributed by atoms with Crippen molar-refractivity contribution in [3.05, 3.63) is 29.8 Å². The molecule has 1 atom stereocenters. The zero-order chi connectivity index (χ0) is 14.7. The van der Waals surface area contributed by atoms with E-state index in [1.54, 1.807) is 0 Å². The number of aliphatic hydroxyl groups is 1. The van der Waals surface area contributed by atoms with E-state index in [9.17, 15) is 9.90 Å². The summed E-state index contributed by atoms with van der Waals surface area (Å²) in [6.45, 7) is 0.375. The largest absolute Gasteiger partial charge is 0.388 e. The maximum atomic E-state index is 12.3. The minimum absolute atomic E-state index is 0.0103. The Hall–Kier alpha value is -1.55. The molecule has 0 radical (unpaired) electrons. The van der Waals surface area contributed by atoms with Crippen LogP contribution >= 0.6 is 0 Å². The van der Waals surface area contributed by atoms with Crippen LogP contribution in [0.1, 0.15) is 44.1 Å². The Morgan fingerprint density at radius 2 is 1.95 bits per heavy atom. The maximum absolute atomic E-state index is 12.3. The number of hydrogen-bond acceptors (Lipinski definition) is 3. The highest BCUT2D eigenvalue weighted by atomic mass is 16.3. The predicted molar refractivity (Wildman–Crippen MR) is 83.2 cm³/mol. The van der Waals surface area contributed by atoms with Crippen LogP contribution in [-0.2, 0) is 11.2 Å². The van der Waals surface area contributed by atoms with Crippen LogP contribution in [0.2, 0.25) is 0 Å². The molecule has 1 aromatic rings. The molecule has 1 aliphatic heterocycles. The molecule has 1 saturated carbocycles. The second-order valence-corrected chi connectivity index (χ2v) is 6.41. The molecule has 2 aliphatic rings. The van der Waals surface area contributed by atoms with Crippen LogP contribution in [0, 0.1) is 0 Å². The smallest absolute Gasteiger partial charge is 0.242 e. The summed E-state index contributed by atoms with van der Waals surface area (Å²) in [4.78, 5) is 12.3. The zero-order valence-electron chi connectivity index (χ0n) is 12.4. The monoisotopic (exact) mass is 288 g/mol. The van der Waals surface area contributed by atoms with Gasteiger partial charge in [-0.3, -0.25) is 4.79 Å². The third-order valence-electron chi connectivity index (χ3n) is 4.71. The first kappa shape index (κ1) is 14.4. The van der Waals surface area contributed by atoms with Crippen molar-refractivity contribution in [1.29, 1.82) is 0 Å². The lowest BCUT2D eigenvalue weighted by Crippen LogP contribution is -2.47. The van der Waals surface area contributed by atoms with Crippen molar-refractivity contribution in [2.45, 2.75) is 56.6 Å². The minimum Gasteiger partial charge on any atom is -0.388 e. The van der Waals surface area contributed by atoms with Gasteiger partial charge in [0.1, 0.15) is 6.04 Å². The summed E-state index contributed by atoms with van der Waals surface area (Å²) in [5.74, 6) is -0.0103. The highest BCUT2D eigenvalue weighted by Gasteiger charge is 2.31. The number of fused-ring (bicyclic) bond motifs is 1. The molecule has 3 N–H and O–H groups in total. The predicted octanol–water partition coefficient (Wildman–Crippen LogP) is 2.22. The van der Waals surface area contributed by atoms with Gasteiger partial charge >= 0.3 is 0 Å². The Bertz CT molecular complexity index is 482. The van der Waals surface area contributed by atoms with E-state index < -0.39 is 5.60 Å². The van der Waals surface area contributed by atoms with Crippen molar-refractivity contribution < 1.29 is 9.90 Å². The number of hydrogen-bond donors (Lipinski definition) is 3. The van der Waals surface area contributed by atoms with E-state index in [0.717, 1.165) is 37.8 Å². The quantitative estimate of drug-likeness (QED) is 0.747. The lowest BCUT2D eigenvalue weighted by atomic mass is 9.94. The first-order chi connectivity index (χ1) is 10.2. The number of nitrogens with one attached hydrogen (secondary N) is 2. The average Bonchev–Trinajstić information content (AvgIpc) is 2.81. The SMILES string of the molecule is O=C(NCC1(O)CCCCCC1)[C@@H]1Cc2ccccc2N1. The van der Waals surface area contributed by atoms with Crippen LogP contribution < -0.4 is 10.6 Å². The molecular weight excluding hydrogens is 264 g/mol. The lowest BCUT2D eigenvalue weighted by molar-refractivity contribution is -0.123. The number of anilines is 1. The summed E-state index contributed by atoms with van der Waals surface area (Å²) in [6.07, 6.45) is 6.81. The summed E-state index contributed by atoms with van der Waals surface area (Å²) in [6, 6.07) is 7.81. The van der Waals surface area contributed by atoms with Gasteiger partial charge in [0.25, 0.3) is 0 Å². The molecule has 0 spiro atoms. The molecular formula is C17H24N2O2. The Morgan fingerprint density at radius 1 is 1.24 bits per heavy atom. The van der Waals surface area contributed by atoms with Crippen LogP contribution in [-0.4, -0.2) is 29.2 Å². The van der Waals surface area contributed by atoms with E-state index in [2.05, 4.69) is 16.7 Å². The topological polar surface area (TPSA) is 61.4 Å². The number of rotatable bonds is 3. The van der Waals surface area contributed by atoms with Gasteiger partial charge in [-0.2, -0.15) is 0 Å². The maximum Gasteiger partial charge on any atom is 0.242 e. The number of benzene rings is 1. The molecule has 1 fully saturated rings. The van der Waals surface area contributed by atoms with E-state index in [0.29, 0.717) is 6.54 Å². The standard InChI is InChI=1S/C17H24N2O2/c20-16(15-11-13-7-3-4-8-14(13)19-15)18-12-17(21)9-5-1-2-6-10-17/h3-4,7-8,15,19,21H,1-2,5-6,9-12H2,(H,18,20)/t15-/m0/s1. The molecule has 0 unspecified atom stereocenters. The van der Waals surface area contributed by atoms with E-state index >= 15 is 0 Å². The van der Waals surface area contributed by atoms with Crippen molar-refractivity contribution in [2.75, 3.05) is 11.9 Å². The summed E-state index contributed by atoms with van der Waals surface area (Å²) in [5, 5.41) is 16.8. The zero-order valence-corrected chi connectivity index (χ0v) is 12.4. The molecule has 114 valence electrons. The summed E-state index contributed by atoms with van der Waals surface area (Å²) < 4.78 is 0. The summed E-state index contributed by atoms with van der Waals surface area (Å²) in [7, 11) is 0. The fourth-order valence-corrected chi connectivity index (χ4v) is 3.39. The number of carbonyl (C=O) groups is 1. The van der Waals surface area contributed by atoms with Gasteiger partial charge in [-0.25, -0.2) is 0 Å². The first-order valence-corrected chi connectivity index (χ1v) is 8.01. The van der Waals surface area contributed by atoms with Gasteiger partial charge in [0.15, 0.2) is 0 Å². The molecule has 1 heterocycles. The molecule has 4 nitrogen and oxygen atoms in total. The second kappa shape index (κ2) is 6.06. The van der Waals surface area contributed by atoms with E-state index in [4.69, 9.17) is 0 Å². The van der Waals surface area contributed by atoms with E-state index in [-0.39, 0.29) is 11.9 Å². The molecule has 1 aromatic carbocycles. The fraction of sp³-hybridized carbons (Fsp3) is 0.588. The number of carbonyl (C=O) groups excluding carboxylic acids is 1. The number of amides is 1.